The Labute approximate surface area is 151 Å². The van der Waals surface area contributed by atoms with Crippen molar-refractivity contribution in [3.8, 4) is 5.69 Å². The van der Waals surface area contributed by atoms with E-state index in [0.717, 1.165) is 22.9 Å². The topological polar surface area (TPSA) is 79.8 Å². The quantitative estimate of drug-likeness (QED) is 0.581. The molecule has 0 atom stereocenters. The van der Waals surface area contributed by atoms with Crippen LogP contribution in [0.1, 0.15) is 12.6 Å². The fourth-order valence-electron chi connectivity index (χ4n) is 3.08. The van der Waals surface area contributed by atoms with Crippen LogP contribution in [0.3, 0.4) is 0 Å². The van der Waals surface area contributed by atoms with E-state index in [4.69, 9.17) is 0 Å². The van der Waals surface area contributed by atoms with E-state index in [0.29, 0.717) is 22.6 Å². The molecule has 3 heterocycles. The summed E-state index contributed by atoms with van der Waals surface area (Å²) in [6.07, 6.45) is 1.66. The second-order valence-corrected chi connectivity index (χ2v) is 6.71. The number of nitrogens with zero attached hydrogens (tertiary/aromatic N) is 2. The van der Waals surface area contributed by atoms with Crippen molar-refractivity contribution in [1.82, 2.24) is 13.9 Å². The molecule has 2 N–H and O–H groups in total. The number of nitrogens with one attached hydrogen (secondary N) is 2. The van der Waals surface area contributed by atoms with Crippen molar-refractivity contribution in [2.45, 2.75) is 13.8 Å². The third-order valence-electron chi connectivity index (χ3n) is 4.19. The van der Waals surface area contributed by atoms with Crippen molar-refractivity contribution in [3.63, 3.8) is 0 Å². The normalized spacial score (nSPS) is 11.3. The zero-order valence-corrected chi connectivity index (χ0v) is 14.9. The van der Waals surface area contributed by atoms with Gasteiger partial charge < -0.3 is 5.32 Å². The molecule has 4 rings (SSSR count). The highest BCUT2D eigenvalue weighted by atomic mass is 32.1. The number of hydrogen-bond acceptors (Lipinski definition) is 5. The first-order valence-corrected chi connectivity index (χ1v) is 8.89. The van der Waals surface area contributed by atoms with Crippen LogP contribution in [0.2, 0.25) is 0 Å². The van der Waals surface area contributed by atoms with Gasteiger partial charge in [0.15, 0.2) is 0 Å². The highest BCUT2D eigenvalue weighted by Gasteiger charge is 2.19. The number of rotatable bonds is 3. The first kappa shape index (κ1) is 16.5. The summed E-state index contributed by atoms with van der Waals surface area (Å²) in [6.45, 7) is 4.26. The van der Waals surface area contributed by atoms with Gasteiger partial charge in [-0.15, -0.1) is 0 Å². The van der Waals surface area contributed by atoms with Crippen LogP contribution < -0.4 is 16.3 Å². The summed E-state index contributed by atoms with van der Waals surface area (Å²) in [5.74, 6) is -0.528. The summed E-state index contributed by atoms with van der Waals surface area (Å²) in [5, 5.41) is 3.16. The van der Waals surface area contributed by atoms with Gasteiger partial charge in [0.2, 0.25) is 5.43 Å². The first-order chi connectivity index (χ1) is 12.5. The molecule has 0 unspecified atom stereocenters. The van der Waals surface area contributed by atoms with Crippen LogP contribution in [0.15, 0.2) is 40.1 Å². The third kappa shape index (κ3) is 2.41. The number of aromatic amines is 1. The molecule has 0 fully saturated rings. The van der Waals surface area contributed by atoms with Gasteiger partial charge >= 0.3 is 0 Å². The van der Waals surface area contributed by atoms with E-state index in [1.165, 1.54) is 6.07 Å². The molecule has 0 amide bonds. The zero-order valence-electron chi connectivity index (χ0n) is 14.1. The maximum absolute atomic E-state index is 14.4. The van der Waals surface area contributed by atoms with Crippen LogP contribution >= 0.6 is 11.5 Å². The Hall–Kier alpha value is -3.00. The summed E-state index contributed by atoms with van der Waals surface area (Å²) in [4.78, 5) is 29.7. The number of H-pyrrole nitrogens is 1. The van der Waals surface area contributed by atoms with Gasteiger partial charge in [-0.2, -0.15) is 0 Å². The minimum absolute atomic E-state index is 0.0348. The average Bonchev–Trinajstić information content (AvgIpc) is 2.99. The number of pyridine rings is 2. The van der Waals surface area contributed by atoms with Crippen molar-refractivity contribution in [2.75, 3.05) is 11.9 Å². The highest BCUT2D eigenvalue weighted by Crippen LogP contribution is 2.28. The van der Waals surface area contributed by atoms with Crippen LogP contribution in [0.4, 0.5) is 10.1 Å². The molecule has 0 aliphatic rings. The van der Waals surface area contributed by atoms with Crippen molar-refractivity contribution in [3.05, 3.63) is 62.6 Å². The van der Waals surface area contributed by atoms with Gasteiger partial charge in [0.1, 0.15) is 16.0 Å². The summed E-state index contributed by atoms with van der Waals surface area (Å²) in [6, 6.07) is 6.44. The van der Waals surface area contributed by atoms with E-state index in [1.54, 1.807) is 22.9 Å². The van der Waals surface area contributed by atoms with Crippen LogP contribution in [0.5, 0.6) is 0 Å². The van der Waals surface area contributed by atoms with Crippen molar-refractivity contribution in [1.29, 1.82) is 0 Å². The lowest BCUT2D eigenvalue weighted by Gasteiger charge is -2.15. The van der Waals surface area contributed by atoms with Crippen LogP contribution in [0.25, 0.3) is 26.8 Å². The Morgan fingerprint density at radius 3 is 2.85 bits per heavy atom. The van der Waals surface area contributed by atoms with Crippen LogP contribution in [0, 0.1) is 12.7 Å². The maximum Gasteiger partial charge on any atom is 0.271 e. The largest absolute Gasteiger partial charge is 0.383 e. The molecule has 0 saturated carbocycles. The fraction of sp³-hybridized carbons (Fsp3) is 0.167. The summed E-state index contributed by atoms with van der Waals surface area (Å²) in [5.41, 5.74) is 1.44. The van der Waals surface area contributed by atoms with E-state index in [2.05, 4.69) is 14.7 Å². The van der Waals surface area contributed by atoms with Gasteiger partial charge in [-0.05, 0) is 49.6 Å². The Bertz CT molecular complexity index is 1270. The van der Waals surface area contributed by atoms with Gasteiger partial charge in [-0.3, -0.25) is 23.5 Å². The molecular weight excluding hydrogens is 355 g/mol. The van der Waals surface area contributed by atoms with Gasteiger partial charge in [0.05, 0.1) is 22.3 Å². The molecule has 0 aliphatic carbocycles. The first-order valence-electron chi connectivity index (χ1n) is 8.07. The molecule has 6 nitrogen and oxygen atoms in total. The number of anilines is 1. The van der Waals surface area contributed by atoms with E-state index in [1.807, 2.05) is 19.9 Å². The number of benzene rings is 1. The van der Waals surface area contributed by atoms with Crippen molar-refractivity contribution < 1.29 is 4.39 Å². The minimum atomic E-state index is -0.528. The standard InChI is InChI=1S/C18H15FN4O2S/c1-3-20-13-8-14-11(7-12(13)19)16(24)15-17(25)22-26-18(15)23(14)10-4-5-21-9(2)6-10/h4-8,20H,3H2,1-2H3,(H,22,25). The molecule has 26 heavy (non-hydrogen) atoms. The second-order valence-electron chi connectivity index (χ2n) is 5.91. The monoisotopic (exact) mass is 370 g/mol. The van der Waals surface area contributed by atoms with Crippen molar-refractivity contribution >= 4 is 38.3 Å². The van der Waals surface area contributed by atoms with E-state index in [-0.39, 0.29) is 10.8 Å². The molecule has 1 aromatic carbocycles. The fourth-order valence-corrected chi connectivity index (χ4v) is 3.95. The Morgan fingerprint density at radius 2 is 2.12 bits per heavy atom. The average molecular weight is 370 g/mol. The number of halogens is 1. The van der Waals surface area contributed by atoms with E-state index < -0.39 is 16.8 Å². The second kappa shape index (κ2) is 6.06. The predicted octanol–water partition coefficient (Wildman–Crippen LogP) is 3.17. The molecular formula is C18H15FN4O2S. The number of aryl methyl sites for hydroxylation is 1. The third-order valence-corrected chi connectivity index (χ3v) is 5.06. The number of hydrogen-bond donors (Lipinski definition) is 2. The molecule has 0 radical (unpaired) electrons. The van der Waals surface area contributed by atoms with Gasteiger partial charge in [-0.1, -0.05) is 0 Å². The smallest absolute Gasteiger partial charge is 0.271 e. The lowest BCUT2D eigenvalue weighted by Crippen LogP contribution is -2.15. The Balaban J connectivity index is 2.25. The minimum Gasteiger partial charge on any atom is -0.383 e. The lowest BCUT2D eigenvalue weighted by molar-refractivity contribution is 0.632. The molecule has 0 spiro atoms. The number of aromatic nitrogens is 3. The van der Waals surface area contributed by atoms with E-state index >= 15 is 0 Å². The Kier molecular flexibility index (Phi) is 3.84. The summed E-state index contributed by atoms with van der Waals surface area (Å²) < 4.78 is 18.8. The lowest BCUT2D eigenvalue weighted by atomic mass is 10.1. The molecule has 0 saturated heterocycles. The van der Waals surface area contributed by atoms with Crippen LogP contribution in [-0.4, -0.2) is 20.5 Å². The molecule has 8 heteroatoms. The molecule has 132 valence electrons. The Morgan fingerprint density at radius 1 is 1.31 bits per heavy atom. The van der Waals surface area contributed by atoms with E-state index in [9.17, 15) is 14.0 Å². The molecule has 3 aromatic heterocycles. The molecule has 0 aliphatic heterocycles. The molecule has 4 aromatic rings. The summed E-state index contributed by atoms with van der Waals surface area (Å²) >= 11 is 1.08. The van der Waals surface area contributed by atoms with Crippen LogP contribution in [-0.2, 0) is 0 Å². The summed E-state index contributed by atoms with van der Waals surface area (Å²) in [7, 11) is 0. The van der Waals surface area contributed by atoms with Crippen molar-refractivity contribution in [2.24, 2.45) is 0 Å². The maximum atomic E-state index is 14.4. The predicted molar refractivity (Wildman–Crippen MR) is 102 cm³/mol. The molecule has 0 bridgehead atoms. The van der Waals surface area contributed by atoms with Gasteiger partial charge in [0, 0.05) is 18.4 Å². The SMILES string of the molecule is CCNc1cc2c(cc1F)c(=O)c1c(=O)[nH]sc1n2-c1ccnc(C)c1. The van der Waals surface area contributed by atoms with Gasteiger partial charge in [0.25, 0.3) is 5.56 Å². The zero-order chi connectivity index (χ0) is 18.4. The number of fused-ring (bicyclic) bond motifs is 2. The highest BCUT2D eigenvalue weighted by molar-refractivity contribution is 7.12. The van der Waals surface area contributed by atoms with Gasteiger partial charge in [-0.25, -0.2) is 4.39 Å².